The number of H-pyrrole nitrogens is 1. The molecule has 86 valence electrons. The normalized spacial score (nSPS) is 11.5. The summed E-state index contributed by atoms with van der Waals surface area (Å²) in [7, 11) is 0. The van der Waals surface area contributed by atoms with Crippen molar-refractivity contribution in [3.63, 3.8) is 0 Å². The van der Waals surface area contributed by atoms with E-state index in [9.17, 15) is 0 Å². The zero-order chi connectivity index (χ0) is 11.8. The topological polar surface area (TPSA) is 41.8 Å². The lowest BCUT2D eigenvalue weighted by Gasteiger charge is -2.02. The summed E-state index contributed by atoms with van der Waals surface area (Å²) in [6, 6.07) is 10.1. The second-order valence-electron chi connectivity index (χ2n) is 4.50. The van der Waals surface area contributed by atoms with E-state index in [-0.39, 0.29) is 0 Å². The van der Waals surface area contributed by atoms with Crippen LogP contribution in [0, 0.1) is 0 Å². The van der Waals surface area contributed by atoms with Crippen LogP contribution in [0.3, 0.4) is 0 Å². The number of hydrogen-bond acceptors (Lipinski definition) is 2. The highest BCUT2D eigenvalue weighted by Gasteiger charge is 2.14. The summed E-state index contributed by atoms with van der Waals surface area (Å²) < 4.78 is 5.84. The van der Waals surface area contributed by atoms with Gasteiger partial charge in [-0.2, -0.15) is 5.10 Å². The van der Waals surface area contributed by atoms with Crippen molar-refractivity contribution in [1.82, 2.24) is 10.2 Å². The van der Waals surface area contributed by atoms with Crippen LogP contribution in [0.4, 0.5) is 0 Å². The number of aromatic nitrogens is 2. The van der Waals surface area contributed by atoms with E-state index in [1.54, 1.807) is 0 Å². The highest BCUT2D eigenvalue weighted by atomic mass is 16.3. The molecule has 1 aromatic carbocycles. The van der Waals surface area contributed by atoms with Crippen molar-refractivity contribution in [3.8, 4) is 11.3 Å². The number of benzene rings is 1. The fourth-order valence-electron chi connectivity index (χ4n) is 2.05. The molecule has 2 heterocycles. The molecule has 0 aliphatic rings. The molecule has 0 aliphatic heterocycles. The predicted molar refractivity (Wildman–Crippen MR) is 67.9 cm³/mol. The summed E-state index contributed by atoms with van der Waals surface area (Å²) >= 11 is 0. The Morgan fingerprint density at radius 2 is 2.06 bits per heavy atom. The average molecular weight is 226 g/mol. The first-order chi connectivity index (χ1) is 8.25. The molecule has 3 aromatic rings. The van der Waals surface area contributed by atoms with Crippen molar-refractivity contribution in [2.24, 2.45) is 0 Å². The van der Waals surface area contributed by atoms with E-state index in [1.165, 1.54) is 0 Å². The van der Waals surface area contributed by atoms with E-state index in [0.29, 0.717) is 5.92 Å². The Kier molecular flexibility index (Phi) is 2.25. The molecule has 0 saturated heterocycles. The van der Waals surface area contributed by atoms with Crippen molar-refractivity contribution < 1.29 is 4.42 Å². The maximum atomic E-state index is 5.84. The number of hydrogen-bond donors (Lipinski definition) is 1. The summed E-state index contributed by atoms with van der Waals surface area (Å²) in [5.41, 5.74) is 3.08. The van der Waals surface area contributed by atoms with Gasteiger partial charge in [-0.15, -0.1) is 0 Å². The largest absolute Gasteiger partial charge is 0.456 e. The van der Waals surface area contributed by atoms with Gasteiger partial charge in [-0.05, 0) is 18.1 Å². The molecule has 1 N–H and O–H groups in total. The Bertz CT molecular complexity index is 616. The third kappa shape index (κ3) is 1.64. The third-order valence-corrected chi connectivity index (χ3v) is 2.94. The monoisotopic (exact) mass is 226 g/mol. The molecular weight excluding hydrogens is 212 g/mol. The fourth-order valence-corrected chi connectivity index (χ4v) is 2.05. The van der Waals surface area contributed by atoms with Gasteiger partial charge < -0.3 is 4.42 Å². The molecule has 0 bridgehead atoms. The van der Waals surface area contributed by atoms with Crippen LogP contribution in [-0.2, 0) is 0 Å². The minimum atomic E-state index is 0.403. The Morgan fingerprint density at radius 1 is 1.24 bits per heavy atom. The van der Waals surface area contributed by atoms with Crippen molar-refractivity contribution in [3.05, 3.63) is 42.2 Å². The van der Waals surface area contributed by atoms with Crippen LogP contribution in [0.2, 0.25) is 0 Å². The Labute approximate surface area is 99.5 Å². The molecule has 0 unspecified atom stereocenters. The molecule has 3 rings (SSSR count). The summed E-state index contributed by atoms with van der Waals surface area (Å²) in [6.45, 7) is 4.28. The number of fused-ring (bicyclic) bond motifs is 1. The van der Waals surface area contributed by atoms with Gasteiger partial charge in [0.1, 0.15) is 11.3 Å². The standard InChI is InChI=1S/C14H14N2O/c1-9(2)14-11(8-15-16-14)13-7-10-5-3-4-6-12(10)17-13/h3-9H,1-2H3,(H,15,16). The molecule has 0 saturated carbocycles. The van der Waals surface area contributed by atoms with E-state index in [0.717, 1.165) is 28.0 Å². The summed E-state index contributed by atoms with van der Waals surface area (Å²) in [4.78, 5) is 0. The smallest absolute Gasteiger partial charge is 0.138 e. The Balaban J connectivity index is 2.17. The van der Waals surface area contributed by atoms with Gasteiger partial charge >= 0.3 is 0 Å². The maximum absolute atomic E-state index is 5.84. The number of rotatable bonds is 2. The van der Waals surface area contributed by atoms with Crippen LogP contribution in [0.1, 0.15) is 25.5 Å². The summed E-state index contributed by atoms with van der Waals surface area (Å²) in [6.07, 6.45) is 1.83. The van der Waals surface area contributed by atoms with Gasteiger partial charge in [0, 0.05) is 11.1 Å². The van der Waals surface area contributed by atoms with Crippen LogP contribution in [0.25, 0.3) is 22.3 Å². The molecule has 0 radical (unpaired) electrons. The van der Waals surface area contributed by atoms with Crippen LogP contribution in [0.15, 0.2) is 40.9 Å². The molecule has 17 heavy (non-hydrogen) atoms. The van der Waals surface area contributed by atoms with Crippen LogP contribution in [-0.4, -0.2) is 10.2 Å². The molecule has 0 spiro atoms. The molecule has 0 atom stereocenters. The minimum Gasteiger partial charge on any atom is -0.456 e. The number of para-hydroxylation sites is 1. The Hall–Kier alpha value is -2.03. The van der Waals surface area contributed by atoms with Gasteiger partial charge in [-0.25, -0.2) is 0 Å². The van der Waals surface area contributed by atoms with Gasteiger partial charge in [-0.3, -0.25) is 5.10 Å². The predicted octanol–water partition coefficient (Wildman–Crippen LogP) is 3.95. The molecule has 2 aromatic heterocycles. The highest BCUT2D eigenvalue weighted by molar-refractivity contribution is 5.83. The molecule has 0 fully saturated rings. The van der Waals surface area contributed by atoms with Gasteiger partial charge in [0.15, 0.2) is 0 Å². The number of nitrogens with one attached hydrogen (secondary N) is 1. The summed E-state index contributed by atoms with van der Waals surface area (Å²) in [5, 5.41) is 8.27. The van der Waals surface area contributed by atoms with Crippen LogP contribution < -0.4 is 0 Å². The average Bonchev–Trinajstić information content (AvgIpc) is 2.95. The van der Waals surface area contributed by atoms with Gasteiger partial charge in [-0.1, -0.05) is 32.0 Å². The second kappa shape index (κ2) is 3.77. The number of aromatic amines is 1. The SMILES string of the molecule is CC(C)c1[nH]ncc1-c1cc2ccccc2o1. The zero-order valence-corrected chi connectivity index (χ0v) is 9.90. The van der Waals surface area contributed by atoms with Crippen molar-refractivity contribution >= 4 is 11.0 Å². The molecule has 0 amide bonds. The molecule has 3 heteroatoms. The lowest BCUT2D eigenvalue weighted by Crippen LogP contribution is -1.89. The van der Waals surface area contributed by atoms with Gasteiger partial charge in [0.2, 0.25) is 0 Å². The molecule has 0 aliphatic carbocycles. The maximum Gasteiger partial charge on any atom is 0.138 e. The van der Waals surface area contributed by atoms with Crippen molar-refractivity contribution in [1.29, 1.82) is 0 Å². The van der Waals surface area contributed by atoms with Crippen molar-refractivity contribution in [2.45, 2.75) is 19.8 Å². The first-order valence-corrected chi connectivity index (χ1v) is 5.78. The van der Waals surface area contributed by atoms with Crippen LogP contribution >= 0.6 is 0 Å². The van der Waals surface area contributed by atoms with E-state index < -0.39 is 0 Å². The molecule has 3 nitrogen and oxygen atoms in total. The van der Waals surface area contributed by atoms with Gasteiger partial charge in [0.05, 0.1) is 11.8 Å². The van der Waals surface area contributed by atoms with Gasteiger partial charge in [0.25, 0.3) is 0 Å². The first-order valence-electron chi connectivity index (χ1n) is 5.78. The van der Waals surface area contributed by atoms with Crippen molar-refractivity contribution in [2.75, 3.05) is 0 Å². The first kappa shape index (κ1) is 10.1. The Morgan fingerprint density at radius 3 is 2.82 bits per heavy atom. The minimum absolute atomic E-state index is 0.403. The quantitative estimate of drug-likeness (QED) is 0.719. The lowest BCUT2D eigenvalue weighted by atomic mass is 10.0. The highest BCUT2D eigenvalue weighted by Crippen LogP contribution is 2.31. The van der Waals surface area contributed by atoms with E-state index in [4.69, 9.17) is 4.42 Å². The third-order valence-electron chi connectivity index (χ3n) is 2.94. The fraction of sp³-hybridized carbons (Fsp3) is 0.214. The van der Waals surface area contributed by atoms with E-state index in [2.05, 4.69) is 36.2 Å². The zero-order valence-electron chi connectivity index (χ0n) is 9.90. The summed E-state index contributed by atoms with van der Waals surface area (Å²) in [5.74, 6) is 1.28. The van der Waals surface area contributed by atoms with Crippen LogP contribution in [0.5, 0.6) is 0 Å². The number of nitrogens with zero attached hydrogens (tertiary/aromatic N) is 1. The van der Waals surface area contributed by atoms with E-state index in [1.807, 2.05) is 24.4 Å². The lowest BCUT2D eigenvalue weighted by molar-refractivity contribution is 0.629. The number of furan rings is 1. The second-order valence-corrected chi connectivity index (χ2v) is 4.50. The van der Waals surface area contributed by atoms with E-state index >= 15 is 0 Å². The molecular formula is C14H14N2O.